The summed E-state index contributed by atoms with van der Waals surface area (Å²) in [6.45, 7) is 1.94. The van der Waals surface area contributed by atoms with Crippen LogP contribution in [0.5, 0.6) is 0 Å². The Morgan fingerprint density at radius 2 is 2.07 bits per heavy atom. The Morgan fingerprint density at radius 1 is 1.33 bits per heavy atom. The number of aliphatic carboxylic acids is 1. The normalized spacial score (nSPS) is 12.7. The van der Waals surface area contributed by atoms with Crippen molar-refractivity contribution >= 4 is 5.97 Å². The van der Waals surface area contributed by atoms with E-state index in [4.69, 9.17) is 25.1 Å². The van der Waals surface area contributed by atoms with Gasteiger partial charge in [0.1, 0.15) is 0 Å². The zero-order chi connectivity index (χ0) is 11.5. The molecule has 0 amide bonds. The van der Waals surface area contributed by atoms with Crippen molar-refractivity contribution < 1.29 is 24.1 Å². The SMILES string of the molecule is COCCOCCCOC(CN)C(=O)O. The summed E-state index contributed by atoms with van der Waals surface area (Å²) in [5, 5.41) is 8.59. The van der Waals surface area contributed by atoms with Gasteiger partial charge in [-0.05, 0) is 6.42 Å². The molecule has 0 aromatic rings. The first kappa shape index (κ1) is 14.3. The number of carbonyl (C=O) groups is 1. The maximum Gasteiger partial charge on any atom is 0.334 e. The molecule has 0 radical (unpaired) electrons. The van der Waals surface area contributed by atoms with Gasteiger partial charge in [0.05, 0.1) is 13.2 Å². The molecule has 0 spiro atoms. The van der Waals surface area contributed by atoms with Gasteiger partial charge < -0.3 is 25.1 Å². The molecule has 1 atom stereocenters. The van der Waals surface area contributed by atoms with Crippen LogP contribution in [-0.4, -0.2) is 57.3 Å². The molecule has 0 bridgehead atoms. The molecule has 6 nitrogen and oxygen atoms in total. The standard InChI is InChI=1S/C9H19NO5/c1-13-5-6-14-3-2-4-15-8(7-10)9(11)12/h8H,2-7,10H2,1H3,(H,11,12). The fourth-order valence-electron chi connectivity index (χ4n) is 0.871. The van der Waals surface area contributed by atoms with Crippen LogP contribution in [0.15, 0.2) is 0 Å². The third-order valence-corrected chi connectivity index (χ3v) is 1.67. The summed E-state index contributed by atoms with van der Waals surface area (Å²) >= 11 is 0. The predicted octanol–water partition coefficient (Wildman–Crippen LogP) is -0.532. The molecule has 0 aromatic heterocycles. The maximum absolute atomic E-state index is 10.5. The molecule has 0 aliphatic heterocycles. The Kier molecular flexibility index (Phi) is 9.40. The second-order valence-corrected chi connectivity index (χ2v) is 2.89. The van der Waals surface area contributed by atoms with E-state index in [1.807, 2.05) is 0 Å². The molecule has 0 aliphatic carbocycles. The van der Waals surface area contributed by atoms with Crippen LogP contribution in [0.2, 0.25) is 0 Å². The predicted molar refractivity (Wildman–Crippen MR) is 53.7 cm³/mol. The summed E-state index contributed by atoms with van der Waals surface area (Å²) in [5.74, 6) is -1.03. The minimum atomic E-state index is -1.03. The second kappa shape index (κ2) is 9.85. The maximum atomic E-state index is 10.5. The van der Waals surface area contributed by atoms with Gasteiger partial charge in [-0.25, -0.2) is 4.79 Å². The molecule has 0 heterocycles. The molecule has 6 heteroatoms. The van der Waals surface area contributed by atoms with Crippen molar-refractivity contribution in [3.05, 3.63) is 0 Å². The Hall–Kier alpha value is -0.690. The molecule has 0 aromatic carbocycles. The summed E-state index contributed by atoms with van der Waals surface area (Å²) in [6.07, 6.45) is -0.267. The Morgan fingerprint density at radius 3 is 2.60 bits per heavy atom. The van der Waals surface area contributed by atoms with Crippen molar-refractivity contribution in [2.75, 3.05) is 40.1 Å². The molecule has 90 valence electrons. The third kappa shape index (κ3) is 8.31. The van der Waals surface area contributed by atoms with E-state index in [0.717, 1.165) is 0 Å². The lowest BCUT2D eigenvalue weighted by atomic mass is 10.3. The lowest BCUT2D eigenvalue weighted by Gasteiger charge is -2.10. The highest BCUT2D eigenvalue weighted by molar-refractivity contribution is 5.72. The quantitative estimate of drug-likeness (QED) is 0.482. The molecule has 0 saturated heterocycles. The number of rotatable bonds is 10. The number of ether oxygens (including phenoxy) is 3. The highest BCUT2D eigenvalue weighted by Crippen LogP contribution is 1.93. The van der Waals surface area contributed by atoms with E-state index in [-0.39, 0.29) is 6.54 Å². The van der Waals surface area contributed by atoms with Crippen LogP contribution in [-0.2, 0) is 19.0 Å². The molecule has 3 N–H and O–H groups in total. The van der Waals surface area contributed by atoms with E-state index >= 15 is 0 Å². The average molecular weight is 221 g/mol. The first-order chi connectivity index (χ1) is 7.22. The van der Waals surface area contributed by atoms with E-state index < -0.39 is 12.1 Å². The van der Waals surface area contributed by atoms with Gasteiger partial charge in [-0.15, -0.1) is 0 Å². The van der Waals surface area contributed by atoms with Gasteiger partial charge in [0, 0.05) is 26.9 Å². The van der Waals surface area contributed by atoms with Crippen molar-refractivity contribution in [3.8, 4) is 0 Å². The van der Waals surface area contributed by atoms with Crippen molar-refractivity contribution in [2.24, 2.45) is 5.73 Å². The lowest BCUT2D eigenvalue weighted by molar-refractivity contribution is -0.149. The minimum absolute atomic E-state index is 0.0140. The van der Waals surface area contributed by atoms with Crippen molar-refractivity contribution in [1.29, 1.82) is 0 Å². The smallest absolute Gasteiger partial charge is 0.334 e. The van der Waals surface area contributed by atoms with Crippen molar-refractivity contribution in [3.63, 3.8) is 0 Å². The molecular formula is C9H19NO5. The monoisotopic (exact) mass is 221 g/mol. The summed E-state index contributed by atoms with van der Waals surface area (Å²) in [7, 11) is 1.60. The van der Waals surface area contributed by atoms with E-state index in [0.29, 0.717) is 32.8 Å². The van der Waals surface area contributed by atoms with Gasteiger partial charge in [0.15, 0.2) is 6.10 Å². The Labute approximate surface area is 89.3 Å². The van der Waals surface area contributed by atoms with Gasteiger partial charge in [0.2, 0.25) is 0 Å². The van der Waals surface area contributed by atoms with E-state index in [1.54, 1.807) is 7.11 Å². The molecule has 0 saturated carbocycles. The van der Waals surface area contributed by atoms with Gasteiger partial charge >= 0.3 is 5.97 Å². The van der Waals surface area contributed by atoms with E-state index in [2.05, 4.69) is 0 Å². The zero-order valence-corrected chi connectivity index (χ0v) is 8.98. The molecule has 0 fully saturated rings. The van der Waals surface area contributed by atoms with Gasteiger partial charge in [-0.3, -0.25) is 0 Å². The van der Waals surface area contributed by atoms with Crippen LogP contribution >= 0.6 is 0 Å². The highest BCUT2D eigenvalue weighted by atomic mass is 16.5. The molecule has 0 rings (SSSR count). The first-order valence-electron chi connectivity index (χ1n) is 4.83. The van der Waals surface area contributed by atoms with Crippen LogP contribution in [0, 0.1) is 0 Å². The van der Waals surface area contributed by atoms with Gasteiger partial charge in [0.25, 0.3) is 0 Å². The van der Waals surface area contributed by atoms with Crippen LogP contribution < -0.4 is 5.73 Å². The number of carboxylic acid groups (broad SMARTS) is 1. The van der Waals surface area contributed by atoms with Crippen LogP contribution in [0.3, 0.4) is 0 Å². The largest absolute Gasteiger partial charge is 0.479 e. The summed E-state index contributed by atoms with van der Waals surface area (Å²) in [4.78, 5) is 10.5. The number of hydrogen-bond acceptors (Lipinski definition) is 5. The number of nitrogens with two attached hydrogens (primary N) is 1. The van der Waals surface area contributed by atoms with E-state index in [1.165, 1.54) is 0 Å². The van der Waals surface area contributed by atoms with Crippen LogP contribution in [0.25, 0.3) is 0 Å². The molecule has 15 heavy (non-hydrogen) atoms. The van der Waals surface area contributed by atoms with Crippen molar-refractivity contribution in [2.45, 2.75) is 12.5 Å². The molecule has 1 unspecified atom stereocenters. The fourth-order valence-corrected chi connectivity index (χ4v) is 0.871. The van der Waals surface area contributed by atoms with Crippen LogP contribution in [0.1, 0.15) is 6.42 Å². The summed E-state index contributed by atoms with van der Waals surface area (Å²) in [5.41, 5.74) is 5.20. The Balaban J connectivity index is 3.25. The Bertz CT molecular complexity index is 165. The number of carboxylic acids is 1. The lowest BCUT2D eigenvalue weighted by Crippen LogP contribution is -2.32. The van der Waals surface area contributed by atoms with Gasteiger partial charge in [-0.1, -0.05) is 0 Å². The average Bonchev–Trinajstić information content (AvgIpc) is 2.21. The molecular weight excluding hydrogens is 202 g/mol. The number of methoxy groups -OCH3 is 1. The molecule has 0 aliphatic rings. The zero-order valence-electron chi connectivity index (χ0n) is 8.98. The minimum Gasteiger partial charge on any atom is -0.479 e. The topological polar surface area (TPSA) is 91.0 Å². The van der Waals surface area contributed by atoms with Crippen LogP contribution in [0.4, 0.5) is 0 Å². The summed E-state index contributed by atoms with van der Waals surface area (Å²) in [6, 6.07) is 0. The fraction of sp³-hybridized carbons (Fsp3) is 0.889. The number of hydrogen-bond donors (Lipinski definition) is 2. The highest BCUT2D eigenvalue weighted by Gasteiger charge is 2.14. The third-order valence-electron chi connectivity index (χ3n) is 1.67. The van der Waals surface area contributed by atoms with Gasteiger partial charge in [-0.2, -0.15) is 0 Å². The summed E-state index contributed by atoms with van der Waals surface area (Å²) < 4.78 is 15.0. The second-order valence-electron chi connectivity index (χ2n) is 2.89. The first-order valence-corrected chi connectivity index (χ1v) is 4.83. The van der Waals surface area contributed by atoms with E-state index in [9.17, 15) is 4.79 Å². The van der Waals surface area contributed by atoms with Crippen molar-refractivity contribution in [1.82, 2.24) is 0 Å².